The van der Waals surface area contributed by atoms with Crippen LogP contribution in [-0.2, 0) is 0 Å². The van der Waals surface area contributed by atoms with Crippen molar-refractivity contribution in [1.29, 1.82) is 5.41 Å². The van der Waals surface area contributed by atoms with E-state index in [2.05, 4.69) is 15.6 Å². The van der Waals surface area contributed by atoms with Crippen molar-refractivity contribution in [2.24, 2.45) is 5.73 Å². The Morgan fingerprint density at radius 3 is 2.28 bits per heavy atom. The van der Waals surface area contributed by atoms with Gasteiger partial charge in [-0.3, -0.25) is 15.0 Å². The molecule has 0 fully saturated rings. The van der Waals surface area contributed by atoms with Gasteiger partial charge in [0.2, 0.25) is 0 Å². The van der Waals surface area contributed by atoms with E-state index in [0.717, 1.165) is 12.1 Å². The van der Waals surface area contributed by atoms with Gasteiger partial charge in [0.05, 0.1) is 11.3 Å². The molecule has 0 bridgehead atoms. The van der Waals surface area contributed by atoms with Gasteiger partial charge in [-0.15, -0.1) is 0 Å². The number of hydrogen-bond acceptors (Lipinski definition) is 4. The third-order valence-corrected chi connectivity index (χ3v) is 3.96. The van der Waals surface area contributed by atoms with Crippen LogP contribution in [0.2, 0.25) is 0 Å². The molecule has 2 amide bonds. The van der Waals surface area contributed by atoms with Crippen LogP contribution in [-0.4, -0.2) is 30.5 Å². The van der Waals surface area contributed by atoms with Gasteiger partial charge in [-0.05, 0) is 36.4 Å². The topological polar surface area (TPSA) is 121 Å². The van der Waals surface area contributed by atoms with Crippen molar-refractivity contribution < 1.29 is 14.0 Å². The predicted molar refractivity (Wildman–Crippen MR) is 109 cm³/mol. The number of nitrogen functional groups attached to an aromatic ring is 1. The Balaban J connectivity index is 1.82. The number of benzene rings is 2. The molecule has 0 atom stereocenters. The molecule has 0 saturated heterocycles. The first kappa shape index (κ1) is 19.7. The van der Waals surface area contributed by atoms with E-state index in [1.54, 1.807) is 6.07 Å². The van der Waals surface area contributed by atoms with Crippen molar-refractivity contribution in [3.05, 3.63) is 83.3 Å². The number of anilines is 2. The van der Waals surface area contributed by atoms with E-state index in [1.807, 2.05) is 0 Å². The van der Waals surface area contributed by atoms with Crippen molar-refractivity contribution >= 4 is 42.5 Å². The number of aromatic nitrogens is 1. The van der Waals surface area contributed by atoms with Crippen molar-refractivity contribution in [3.8, 4) is 0 Å². The van der Waals surface area contributed by atoms with Gasteiger partial charge in [-0.2, -0.15) is 0 Å². The minimum Gasteiger partial charge on any atom is -0.384 e. The van der Waals surface area contributed by atoms with E-state index < -0.39 is 17.6 Å². The molecule has 2 aromatic carbocycles. The van der Waals surface area contributed by atoms with Crippen LogP contribution in [0.4, 0.5) is 15.9 Å². The highest BCUT2D eigenvalue weighted by Crippen LogP contribution is 2.20. The monoisotopic (exact) mass is 387 g/mol. The summed E-state index contributed by atoms with van der Waals surface area (Å²) in [4.78, 5) is 29.0. The Kier molecular flexibility index (Phi) is 5.68. The lowest BCUT2D eigenvalue weighted by Gasteiger charge is -2.12. The standard InChI is InChI=1S/C20H15BFN5O2/c21-13-5-8-17(25-10-13)27-20(29)15-9-14(22)6-7-16(15)26-19(28)12-3-1-11(2-4-12)18(23)24/h1-10H,(H3,23,24)(H,26,28)(H,25,27,29). The fraction of sp³-hybridized carbons (Fsp3) is 0. The maximum absolute atomic E-state index is 13.7. The SMILES string of the molecule is [B]c1ccc(NC(=O)c2cc(F)ccc2NC(=O)c2ccc(C(=N)N)cc2)nc1. The number of nitrogens with two attached hydrogens (primary N) is 1. The van der Waals surface area contributed by atoms with Crippen molar-refractivity contribution in [1.82, 2.24) is 4.98 Å². The molecule has 0 saturated carbocycles. The minimum atomic E-state index is -0.649. The van der Waals surface area contributed by atoms with Gasteiger partial charge in [-0.25, -0.2) is 9.37 Å². The van der Waals surface area contributed by atoms with Crippen LogP contribution in [0.25, 0.3) is 0 Å². The van der Waals surface area contributed by atoms with E-state index in [0.29, 0.717) is 11.0 Å². The van der Waals surface area contributed by atoms with Gasteiger partial charge in [0, 0.05) is 17.3 Å². The summed E-state index contributed by atoms with van der Waals surface area (Å²) >= 11 is 0. The highest BCUT2D eigenvalue weighted by atomic mass is 19.1. The summed E-state index contributed by atoms with van der Waals surface area (Å²) in [6.45, 7) is 0. The predicted octanol–water partition coefficient (Wildman–Crippen LogP) is 1.80. The molecule has 5 N–H and O–H groups in total. The molecule has 1 heterocycles. The number of halogens is 1. The van der Waals surface area contributed by atoms with E-state index in [9.17, 15) is 14.0 Å². The lowest BCUT2D eigenvalue weighted by molar-refractivity contribution is 0.102. The van der Waals surface area contributed by atoms with Gasteiger partial charge in [0.1, 0.15) is 25.3 Å². The quantitative estimate of drug-likeness (QED) is 0.303. The molecular formula is C20H15BFN5O2. The minimum absolute atomic E-state index is 0.0719. The zero-order valence-corrected chi connectivity index (χ0v) is 15.1. The highest BCUT2D eigenvalue weighted by Gasteiger charge is 2.16. The number of carbonyl (C=O) groups excluding carboxylic acids is 2. The number of nitrogens with one attached hydrogen (secondary N) is 3. The third-order valence-electron chi connectivity index (χ3n) is 3.96. The first-order chi connectivity index (χ1) is 13.8. The highest BCUT2D eigenvalue weighted by molar-refractivity contribution is 6.32. The number of pyridine rings is 1. The smallest absolute Gasteiger partial charge is 0.259 e. The van der Waals surface area contributed by atoms with E-state index in [-0.39, 0.29) is 28.5 Å². The van der Waals surface area contributed by atoms with E-state index >= 15 is 0 Å². The average Bonchev–Trinajstić information content (AvgIpc) is 2.71. The fourth-order valence-electron chi connectivity index (χ4n) is 2.47. The largest absolute Gasteiger partial charge is 0.384 e. The van der Waals surface area contributed by atoms with Gasteiger partial charge >= 0.3 is 0 Å². The molecule has 142 valence electrons. The molecule has 0 unspecified atom stereocenters. The first-order valence-electron chi connectivity index (χ1n) is 8.42. The number of hydrogen-bond donors (Lipinski definition) is 4. The zero-order valence-electron chi connectivity index (χ0n) is 15.1. The van der Waals surface area contributed by atoms with Gasteiger partial charge < -0.3 is 16.4 Å². The molecule has 2 radical (unpaired) electrons. The van der Waals surface area contributed by atoms with Crippen LogP contribution in [0, 0.1) is 11.2 Å². The Morgan fingerprint density at radius 2 is 1.66 bits per heavy atom. The van der Waals surface area contributed by atoms with Crippen molar-refractivity contribution in [2.45, 2.75) is 0 Å². The van der Waals surface area contributed by atoms with Crippen molar-refractivity contribution in [3.63, 3.8) is 0 Å². The Bertz CT molecular complexity index is 1090. The fourth-order valence-corrected chi connectivity index (χ4v) is 2.47. The van der Waals surface area contributed by atoms with Crippen LogP contribution < -0.4 is 21.8 Å². The summed E-state index contributed by atoms with van der Waals surface area (Å²) in [6, 6.07) is 12.5. The van der Waals surface area contributed by atoms with Crippen LogP contribution in [0.1, 0.15) is 26.3 Å². The van der Waals surface area contributed by atoms with Crippen LogP contribution in [0.3, 0.4) is 0 Å². The summed E-state index contributed by atoms with van der Waals surface area (Å²) in [6.07, 6.45) is 1.37. The molecule has 0 spiro atoms. The number of amides is 2. The molecule has 0 aliphatic rings. The Morgan fingerprint density at radius 1 is 0.966 bits per heavy atom. The molecule has 3 rings (SSSR count). The lowest BCUT2D eigenvalue weighted by Crippen LogP contribution is -2.19. The summed E-state index contributed by atoms with van der Waals surface area (Å²) in [7, 11) is 5.56. The van der Waals surface area contributed by atoms with Gasteiger partial charge in [0.15, 0.2) is 0 Å². The number of amidine groups is 1. The maximum atomic E-state index is 13.7. The van der Waals surface area contributed by atoms with E-state index in [1.165, 1.54) is 42.6 Å². The summed E-state index contributed by atoms with van der Waals surface area (Å²) in [5.74, 6) is -1.68. The molecule has 0 aliphatic carbocycles. The number of rotatable bonds is 5. The molecule has 29 heavy (non-hydrogen) atoms. The molecule has 1 aromatic heterocycles. The van der Waals surface area contributed by atoms with Crippen LogP contribution in [0.5, 0.6) is 0 Å². The molecular weight excluding hydrogens is 372 g/mol. The summed E-state index contributed by atoms with van der Waals surface area (Å²) in [5.41, 5.74) is 6.63. The summed E-state index contributed by atoms with van der Waals surface area (Å²) in [5, 5.41) is 12.5. The molecule has 3 aromatic rings. The lowest BCUT2D eigenvalue weighted by atomic mass is 9.99. The molecule has 0 aliphatic heterocycles. The summed E-state index contributed by atoms with van der Waals surface area (Å²) < 4.78 is 13.7. The van der Waals surface area contributed by atoms with Crippen LogP contribution >= 0.6 is 0 Å². The van der Waals surface area contributed by atoms with Crippen LogP contribution in [0.15, 0.2) is 60.8 Å². The third kappa shape index (κ3) is 4.84. The first-order valence-corrected chi connectivity index (χ1v) is 8.42. The second kappa shape index (κ2) is 8.34. The number of nitrogens with zero attached hydrogens (tertiary/aromatic N) is 1. The zero-order chi connectivity index (χ0) is 21.0. The van der Waals surface area contributed by atoms with E-state index in [4.69, 9.17) is 19.0 Å². The Labute approximate surface area is 167 Å². The molecule has 9 heteroatoms. The molecule has 7 nitrogen and oxygen atoms in total. The van der Waals surface area contributed by atoms with Gasteiger partial charge in [0.25, 0.3) is 11.8 Å². The van der Waals surface area contributed by atoms with Gasteiger partial charge in [-0.1, -0.05) is 23.7 Å². The normalized spacial score (nSPS) is 10.2. The Hall–Kier alpha value is -4.01. The van der Waals surface area contributed by atoms with Crippen molar-refractivity contribution in [2.75, 3.05) is 10.6 Å². The number of carbonyl (C=O) groups is 2. The average molecular weight is 387 g/mol. The second-order valence-corrected chi connectivity index (χ2v) is 6.07. The maximum Gasteiger partial charge on any atom is 0.259 e. The second-order valence-electron chi connectivity index (χ2n) is 6.07.